The zero-order valence-electron chi connectivity index (χ0n) is 13.1. The number of rotatable bonds is 3. The molecule has 3 atom stereocenters. The minimum atomic E-state index is 0.379. The minimum Gasteiger partial charge on any atom is -0.377 e. The van der Waals surface area contributed by atoms with Crippen LogP contribution in [0.15, 0.2) is 29.4 Å². The molecule has 0 bridgehead atoms. The van der Waals surface area contributed by atoms with Gasteiger partial charge in [-0.3, -0.25) is 9.98 Å². The topological polar surface area (TPSA) is 58.5 Å². The average Bonchev–Trinajstić information content (AvgIpc) is 2.92. The Hall–Kier alpha value is -1.62. The van der Waals surface area contributed by atoms with Crippen LogP contribution in [0.5, 0.6) is 0 Å². The maximum atomic E-state index is 5.97. The summed E-state index contributed by atoms with van der Waals surface area (Å²) in [5.74, 6) is 1.54. The van der Waals surface area contributed by atoms with Crippen molar-refractivity contribution in [2.75, 3.05) is 13.7 Å². The first-order valence-electron chi connectivity index (χ1n) is 8.32. The lowest BCUT2D eigenvalue weighted by Crippen LogP contribution is -2.72. The molecule has 118 valence electrons. The number of aliphatic imine (C=N–C) groups is 1. The number of nitrogens with one attached hydrogen (secondary N) is 2. The zero-order chi connectivity index (χ0) is 15.0. The van der Waals surface area contributed by atoms with Gasteiger partial charge in [-0.1, -0.05) is 12.5 Å². The zero-order valence-corrected chi connectivity index (χ0v) is 13.1. The van der Waals surface area contributed by atoms with Crippen LogP contribution in [-0.4, -0.2) is 36.7 Å². The van der Waals surface area contributed by atoms with Crippen molar-refractivity contribution in [3.63, 3.8) is 0 Å². The molecular formula is C17H24N4O. The molecule has 1 saturated heterocycles. The van der Waals surface area contributed by atoms with Gasteiger partial charge < -0.3 is 15.4 Å². The molecule has 3 aliphatic rings. The van der Waals surface area contributed by atoms with E-state index in [0.29, 0.717) is 30.0 Å². The van der Waals surface area contributed by atoms with E-state index in [2.05, 4.69) is 20.6 Å². The van der Waals surface area contributed by atoms with Crippen LogP contribution in [0.3, 0.4) is 0 Å². The Morgan fingerprint density at radius 2 is 2.36 bits per heavy atom. The van der Waals surface area contributed by atoms with E-state index in [1.54, 1.807) is 0 Å². The van der Waals surface area contributed by atoms with E-state index in [1.165, 1.54) is 25.7 Å². The molecule has 2 heterocycles. The molecule has 1 aromatic rings. The molecule has 1 aromatic heterocycles. The van der Waals surface area contributed by atoms with Crippen LogP contribution in [0.25, 0.3) is 0 Å². The number of hydrogen-bond acceptors (Lipinski definition) is 3. The summed E-state index contributed by atoms with van der Waals surface area (Å²) >= 11 is 0. The number of fused-ring (bicyclic) bond motifs is 2. The van der Waals surface area contributed by atoms with Gasteiger partial charge in [-0.15, -0.1) is 0 Å². The summed E-state index contributed by atoms with van der Waals surface area (Å²) in [4.78, 5) is 8.73. The Morgan fingerprint density at radius 3 is 3.05 bits per heavy atom. The summed E-state index contributed by atoms with van der Waals surface area (Å²) in [6, 6.07) is 6.49. The van der Waals surface area contributed by atoms with Crippen molar-refractivity contribution in [1.29, 1.82) is 0 Å². The van der Waals surface area contributed by atoms with Crippen LogP contribution in [0.4, 0.5) is 0 Å². The second-order valence-corrected chi connectivity index (χ2v) is 6.70. The van der Waals surface area contributed by atoms with Gasteiger partial charge in [0, 0.05) is 37.2 Å². The predicted molar refractivity (Wildman–Crippen MR) is 85.5 cm³/mol. The third-order valence-corrected chi connectivity index (χ3v) is 5.72. The smallest absolute Gasteiger partial charge is 0.191 e. The lowest BCUT2D eigenvalue weighted by atomic mass is 9.46. The molecular weight excluding hydrogens is 276 g/mol. The van der Waals surface area contributed by atoms with Crippen molar-refractivity contribution in [3.05, 3.63) is 30.1 Å². The first kappa shape index (κ1) is 14.0. The summed E-state index contributed by atoms with van der Waals surface area (Å²) in [5, 5.41) is 7.05. The Labute approximate surface area is 131 Å². The van der Waals surface area contributed by atoms with Crippen molar-refractivity contribution in [1.82, 2.24) is 15.6 Å². The second kappa shape index (κ2) is 5.54. The summed E-state index contributed by atoms with van der Waals surface area (Å²) < 4.78 is 5.97. The van der Waals surface area contributed by atoms with Crippen LogP contribution >= 0.6 is 0 Å². The first-order valence-corrected chi connectivity index (χ1v) is 8.32. The fourth-order valence-electron chi connectivity index (χ4n) is 4.47. The van der Waals surface area contributed by atoms with E-state index in [4.69, 9.17) is 4.74 Å². The lowest BCUT2D eigenvalue weighted by molar-refractivity contribution is -0.171. The van der Waals surface area contributed by atoms with E-state index in [-0.39, 0.29) is 0 Å². The van der Waals surface area contributed by atoms with Gasteiger partial charge in [0.05, 0.1) is 18.3 Å². The number of pyridine rings is 1. The van der Waals surface area contributed by atoms with Crippen LogP contribution in [0.1, 0.15) is 31.4 Å². The molecule has 0 amide bonds. The second-order valence-electron chi connectivity index (χ2n) is 6.70. The van der Waals surface area contributed by atoms with Gasteiger partial charge in [0.1, 0.15) is 0 Å². The van der Waals surface area contributed by atoms with Gasteiger partial charge in [0.25, 0.3) is 0 Å². The number of aromatic nitrogens is 1. The van der Waals surface area contributed by atoms with Gasteiger partial charge in [0.2, 0.25) is 0 Å². The fraction of sp³-hybridized carbons (Fsp3) is 0.647. The van der Waals surface area contributed by atoms with Crippen molar-refractivity contribution in [2.45, 2.75) is 44.4 Å². The van der Waals surface area contributed by atoms with E-state index < -0.39 is 0 Å². The normalized spacial score (nSPS) is 32.0. The SMILES string of the molecule is CN=C(NCc1ccccn1)NC1C2CCOC2C12CCC2. The first-order chi connectivity index (χ1) is 10.8. The molecule has 4 rings (SSSR count). The number of hydrogen-bond donors (Lipinski definition) is 2. The van der Waals surface area contributed by atoms with Gasteiger partial charge >= 0.3 is 0 Å². The minimum absolute atomic E-state index is 0.379. The van der Waals surface area contributed by atoms with E-state index >= 15 is 0 Å². The number of ether oxygens (including phenoxy) is 1. The van der Waals surface area contributed by atoms with Crippen molar-refractivity contribution >= 4 is 5.96 Å². The lowest BCUT2D eigenvalue weighted by Gasteiger charge is -2.63. The summed E-state index contributed by atoms with van der Waals surface area (Å²) in [6.07, 6.45) is 7.42. The van der Waals surface area contributed by atoms with Crippen molar-refractivity contribution < 1.29 is 4.74 Å². The van der Waals surface area contributed by atoms with Gasteiger partial charge in [-0.25, -0.2) is 0 Å². The van der Waals surface area contributed by atoms with Crippen molar-refractivity contribution in [2.24, 2.45) is 16.3 Å². The monoisotopic (exact) mass is 300 g/mol. The fourth-order valence-corrected chi connectivity index (χ4v) is 4.47. The molecule has 2 aliphatic carbocycles. The number of guanidine groups is 1. The third kappa shape index (κ3) is 2.10. The molecule has 3 fully saturated rings. The van der Waals surface area contributed by atoms with E-state index in [9.17, 15) is 0 Å². The largest absolute Gasteiger partial charge is 0.377 e. The quantitative estimate of drug-likeness (QED) is 0.659. The summed E-state index contributed by atoms with van der Waals surface area (Å²) in [5.41, 5.74) is 1.41. The highest BCUT2D eigenvalue weighted by molar-refractivity contribution is 5.80. The van der Waals surface area contributed by atoms with Crippen molar-refractivity contribution in [3.8, 4) is 0 Å². The molecule has 2 saturated carbocycles. The standard InChI is InChI=1S/C17H24N4O/c1-18-16(20-11-12-5-2-3-9-19-12)21-14-13-6-10-22-15(13)17(14)7-4-8-17/h2-3,5,9,13-15H,4,6-8,10-11H2,1H3,(H2,18,20,21). The molecule has 5 heteroatoms. The summed E-state index contributed by atoms with van der Waals surface area (Å²) in [6.45, 7) is 1.63. The molecule has 0 radical (unpaired) electrons. The Balaban J connectivity index is 1.39. The van der Waals surface area contributed by atoms with Crippen LogP contribution < -0.4 is 10.6 Å². The van der Waals surface area contributed by atoms with Gasteiger partial charge in [-0.2, -0.15) is 0 Å². The van der Waals surface area contributed by atoms with Gasteiger partial charge in [0.15, 0.2) is 5.96 Å². The molecule has 2 N–H and O–H groups in total. The van der Waals surface area contributed by atoms with E-state index in [0.717, 1.165) is 18.3 Å². The maximum absolute atomic E-state index is 5.97. The molecule has 0 aromatic carbocycles. The summed E-state index contributed by atoms with van der Waals surface area (Å²) in [7, 11) is 1.84. The molecule has 1 aliphatic heterocycles. The van der Waals surface area contributed by atoms with Crippen LogP contribution in [0.2, 0.25) is 0 Å². The molecule has 3 unspecified atom stereocenters. The molecule has 5 nitrogen and oxygen atoms in total. The van der Waals surface area contributed by atoms with Gasteiger partial charge in [-0.05, 0) is 31.4 Å². The van der Waals surface area contributed by atoms with E-state index in [1.807, 2.05) is 31.4 Å². The highest BCUT2D eigenvalue weighted by atomic mass is 16.5. The maximum Gasteiger partial charge on any atom is 0.191 e. The molecule has 1 spiro atoms. The highest BCUT2D eigenvalue weighted by Gasteiger charge is 2.66. The van der Waals surface area contributed by atoms with Crippen LogP contribution in [-0.2, 0) is 11.3 Å². The Morgan fingerprint density at radius 1 is 1.45 bits per heavy atom. The molecule has 22 heavy (non-hydrogen) atoms. The number of nitrogens with zero attached hydrogens (tertiary/aromatic N) is 2. The Bertz CT molecular complexity index is 555. The van der Waals surface area contributed by atoms with Crippen LogP contribution in [0, 0.1) is 11.3 Å². The Kier molecular flexibility index (Phi) is 3.53. The average molecular weight is 300 g/mol. The predicted octanol–water partition coefficient (Wildman–Crippen LogP) is 1.70. The highest BCUT2D eigenvalue weighted by Crippen LogP contribution is 2.62. The third-order valence-electron chi connectivity index (χ3n) is 5.72.